The Morgan fingerprint density at radius 1 is 1.56 bits per heavy atom. The second-order valence-corrected chi connectivity index (χ2v) is 3.43. The van der Waals surface area contributed by atoms with Crippen LogP contribution in [-0.2, 0) is 4.74 Å². The lowest BCUT2D eigenvalue weighted by Gasteiger charge is -2.01. The zero-order valence-corrected chi connectivity index (χ0v) is 9.52. The molecule has 0 aliphatic rings. The van der Waals surface area contributed by atoms with Crippen LogP contribution in [-0.4, -0.2) is 32.2 Å². The number of hydrogen-bond acceptors (Lipinski definition) is 5. The van der Waals surface area contributed by atoms with E-state index < -0.39 is 5.97 Å². The van der Waals surface area contributed by atoms with Crippen LogP contribution in [0.15, 0.2) is 6.07 Å². The van der Waals surface area contributed by atoms with Gasteiger partial charge in [-0.15, -0.1) is 0 Å². The minimum absolute atomic E-state index is 0.0562. The van der Waals surface area contributed by atoms with Crippen molar-refractivity contribution in [3.8, 4) is 0 Å². The van der Waals surface area contributed by atoms with Crippen LogP contribution < -0.4 is 0 Å². The van der Waals surface area contributed by atoms with Crippen molar-refractivity contribution in [2.45, 2.75) is 13.8 Å². The largest absolute Gasteiger partial charge is 0.460 e. The molecule has 84 valence electrons. The molecule has 2 heterocycles. The fourth-order valence-electron chi connectivity index (χ4n) is 1.26. The van der Waals surface area contributed by atoms with E-state index in [2.05, 4.69) is 15.1 Å². The van der Waals surface area contributed by atoms with Crippen LogP contribution in [0.2, 0.25) is 5.28 Å². The third kappa shape index (κ3) is 1.83. The highest BCUT2D eigenvalue weighted by Crippen LogP contribution is 2.10. The predicted octanol–water partition coefficient (Wildman–Crippen LogP) is 1.26. The quantitative estimate of drug-likeness (QED) is 0.740. The van der Waals surface area contributed by atoms with Gasteiger partial charge in [0.25, 0.3) is 0 Å². The Morgan fingerprint density at radius 3 is 3.00 bits per heavy atom. The Bertz CT molecular complexity index is 552. The molecule has 6 nitrogen and oxygen atoms in total. The lowest BCUT2D eigenvalue weighted by molar-refractivity contribution is 0.0512. The van der Waals surface area contributed by atoms with E-state index >= 15 is 0 Å². The van der Waals surface area contributed by atoms with E-state index in [1.54, 1.807) is 19.9 Å². The molecule has 0 atom stereocenters. The number of carbonyl (C=O) groups excluding carboxylic acids is 1. The first-order valence-electron chi connectivity index (χ1n) is 4.69. The van der Waals surface area contributed by atoms with Gasteiger partial charge in [-0.05, 0) is 25.4 Å². The molecule has 2 aromatic rings. The van der Waals surface area contributed by atoms with Gasteiger partial charge in [-0.3, -0.25) is 0 Å². The lowest BCUT2D eigenvalue weighted by Crippen LogP contribution is -2.11. The first-order valence-corrected chi connectivity index (χ1v) is 5.06. The number of aryl methyl sites for hydroxylation is 1. The summed E-state index contributed by atoms with van der Waals surface area (Å²) < 4.78 is 6.15. The van der Waals surface area contributed by atoms with Crippen LogP contribution in [0.4, 0.5) is 0 Å². The molecule has 0 aliphatic carbocycles. The number of ether oxygens (including phenoxy) is 1. The van der Waals surface area contributed by atoms with Crippen molar-refractivity contribution in [1.29, 1.82) is 0 Å². The fraction of sp³-hybridized carbons (Fsp3) is 0.333. The Labute approximate surface area is 96.2 Å². The molecule has 2 rings (SSSR count). The highest BCUT2D eigenvalue weighted by Gasteiger charge is 2.14. The van der Waals surface area contributed by atoms with Crippen LogP contribution in [0.1, 0.15) is 23.2 Å². The fourth-order valence-corrected chi connectivity index (χ4v) is 1.46. The molecule has 0 aliphatic heterocycles. The molecule has 0 unspecified atom stereocenters. The topological polar surface area (TPSA) is 69.4 Å². The van der Waals surface area contributed by atoms with E-state index in [1.165, 1.54) is 4.52 Å². The molecule has 0 spiro atoms. The number of aromatic nitrogens is 4. The van der Waals surface area contributed by atoms with Crippen molar-refractivity contribution in [3.05, 3.63) is 22.9 Å². The smallest absolute Gasteiger partial charge is 0.376 e. The van der Waals surface area contributed by atoms with Crippen LogP contribution in [0.25, 0.3) is 5.65 Å². The van der Waals surface area contributed by atoms with Gasteiger partial charge in [0.05, 0.1) is 12.3 Å². The highest BCUT2D eigenvalue weighted by atomic mass is 35.5. The second kappa shape index (κ2) is 4.05. The van der Waals surface area contributed by atoms with Crippen LogP contribution in [0.5, 0.6) is 0 Å². The standard InChI is InChI=1S/C9H9ClN4O2/c1-3-16-8(15)7-11-6-4-5(2)13-14(6)9(10)12-7/h4H,3H2,1-2H3. The molecule has 0 bridgehead atoms. The summed E-state index contributed by atoms with van der Waals surface area (Å²) in [6.45, 7) is 3.78. The molecule has 0 fully saturated rings. The number of halogens is 1. The van der Waals surface area contributed by atoms with Crippen molar-refractivity contribution in [2.75, 3.05) is 6.61 Å². The summed E-state index contributed by atoms with van der Waals surface area (Å²) in [5, 5.41) is 4.15. The van der Waals surface area contributed by atoms with Crippen molar-refractivity contribution in [3.63, 3.8) is 0 Å². The molecule has 0 amide bonds. The minimum Gasteiger partial charge on any atom is -0.460 e. The molecular weight excluding hydrogens is 232 g/mol. The maximum Gasteiger partial charge on any atom is 0.376 e. The third-order valence-electron chi connectivity index (χ3n) is 1.86. The van der Waals surface area contributed by atoms with E-state index in [9.17, 15) is 4.79 Å². The minimum atomic E-state index is -0.592. The van der Waals surface area contributed by atoms with Crippen molar-refractivity contribution in [2.24, 2.45) is 0 Å². The normalized spacial score (nSPS) is 10.7. The zero-order chi connectivity index (χ0) is 11.7. The monoisotopic (exact) mass is 240 g/mol. The predicted molar refractivity (Wildman–Crippen MR) is 56.5 cm³/mol. The molecule has 0 radical (unpaired) electrons. The molecular formula is C9H9ClN4O2. The second-order valence-electron chi connectivity index (χ2n) is 3.09. The summed E-state index contributed by atoms with van der Waals surface area (Å²) in [6, 6.07) is 1.70. The number of carbonyl (C=O) groups is 1. The maximum absolute atomic E-state index is 11.4. The molecule has 0 saturated heterocycles. The molecule has 0 saturated carbocycles. The first-order chi connectivity index (χ1) is 7.61. The van der Waals surface area contributed by atoms with Gasteiger partial charge in [0.1, 0.15) is 0 Å². The number of nitrogens with zero attached hydrogens (tertiary/aromatic N) is 4. The van der Waals surface area contributed by atoms with Gasteiger partial charge in [-0.25, -0.2) is 9.78 Å². The summed E-state index contributed by atoms with van der Waals surface area (Å²) in [6.07, 6.45) is 0. The summed E-state index contributed by atoms with van der Waals surface area (Å²) in [4.78, 5) is 19.2. The Morgan fingerprint density at radius 2 is 2.31 bits per heavy atom. The maximum atomic E-state index is 11.4. The van der Waals surface area contributed by atoms with Gasteiger partial charge in [-0.1, -0.05) is 0 Å². The average Bonchev–Trinajstić information content (AvgIpc) is 2.59. The summed E-state index contributed by atoms with van der Waals surface area (Å²) in [7, 11) is 0. The average molecular weight is 241 g/mol. The van der Waals surface area contributed by atoms with E-state index in [1.807, 2.05) is 0 Å². The summed E-state index contributed by atoms with van der Waals surface area (Å²) in [5.74, 6) is -0.648. The van der Waals surface area contributed by atoms with Gasteiger partial charge in [-0.2, -0.15) is 14.6 Å². The van der Waals surface area contributed by atoms with Gasteiger partial charge >= 0.3 is 5.97 Å². The molecule has 0 aromatic carbocycles. The van der Waals surface area contributed by atoms with Crippen molar-refractivity contribution >= 4 is 23.2 Å². The van der Waals surface area contributed by atoms with Crippen LogP contribution in [0.3, 0.4) is 0 Å². The molecule has 0 N–H and O–H groups in total. The Hall–Kier alpha value is -1.69. The van der Waals surface area contributed by atoms with Gasteiger partial charge in [0.2, 0.25) is 11.1 Å². The molecule has 2 aromatic heterocycles. The first kappa shape index (κ1) is 10.8. The Kier molecular flexibility index (Phi) is 2.74. The van der Waals surface area contributed by atoms with E-state index in [4.69, 9.17) is 16.3 Å². The summed E-state index contributed by atoms with van der Waals surface area (Å²) in [5.41, 5.74) is 1.22. The highest BCUT2D eigenvalue weighted by molar-refractivity contribution is 6.28. The van der Waals surface area contributed by atoms with E-state index in [0.29, 0.717) is 5.65 Å². The Balaban J connectivity index is 2.53. The van der Waals surface area contributed by atoms with E-state index in [-0.39, 0.29) is 17.7 Å². The van der Waals surface area contributed by atoms with E-state index in [0.717, 1.165) is 5.69 Å². The van der Waals surface area contributed by atoms with Crippen LogP contribution in [0, 0.1) is 6.92 Å². The zero-order valence-electron chi connectivity index (χ0n) is 8.77. The third-order valence-corrected chi connectivity index (χ3v) is 2.11. The van der Waals surface area contributed by atoms with Crippen molar-refractivity contribution < 1.29 is 9.53 Å². The SMILES string of the molecule is CCOC(=O)c1nc(Cl)n2nc(C)cc2n1. The molecule has 7 heteroatoms. The molecule has 16 heavy (non-hydrogen) atoms. The number of fused-ring (bicyclic) bond motifs is 1. The van der Waals surface area contributed by atoms with Gasteiger partial charge < -0.3 is 4.74 Å². The van der Waals surface area contributed by atoms with Crippen molar-refractivity contribution in [1.82, 2.24) is 19.6 Å². The van der Waals surface area contributed by atoms with Gasteiger partial charge in [0, 0.05) is 6.07 Å². The number of esters is 1. The van der Waals surface area contributed by atoms with Crippen LogP contribution >= 0.6 is 11.6 Å². The summed E-state index contributed by atoms with van der Waals surface area (Å²) >= 11 is 5.86. The lowest BCUT2D eigenvalue weighted by atomic mass is 10.5. The van der Waals surface area contributed by atoms with Gasteiger partial charge in [0.15, 0.2) is 5.65 Å². The number of hydrogen-bond donors (Lipinski definition) is 0. The number of rotatable bonds is 2.